The number of carbonyl (C=O) groups excluding carboxylic acids is 3. The molecule has 0 radical (unpaired) electrons. The molecule has 1 aromatic carbocycles. The summed E-state index contributed by atoms with van der Waals surface area (Å²) in [6.45, 7) is 14.0. The van der Waals surface area contributed by atoms with Crippen molar-refractivity contribution in [1.29, 1.82) is 0 Å². The number of aliphatic carboxylic acids is 1. The van der Waals surface area contributed by atoms with Crippen LogP contribution >= 0.6 is 0 Å². The first-order chi connectivity index (χ1) is 18.1. The Balaban J connectivity index is 3.24. The van der Waals surface area contributed by atoms with Gasteiger partial charge in [-0.1, -0.05) is 33.8 Å². The summed E-state index contributed by atoms with van der Waals surface area (Å²) in [5, 5.41) is 9.86. The Hall–Kier alpha value is -3.54. The van der Waals surface area contributed by atoms with E-state index in [0.29, 0.717) is 5.56 Å². The van der Waals surface area contributed by atoms with Crippen molar-refractivity contribution in [2.24, 2.45) is 17.6 Å². The fourth-order valence-electron chi connectivity index (χ4n) is 3.10. The van der Waals surface area contributed by atoms with Crippen molar-refractivity contribution < 1.29 is 52.7 Å². The molecule has 0 heterocycles. The van der Waals surface area contributed by atoms with Crippen molar-refractivity contribution in [3.8, 4) is 11.5 Å². The number of carbonyl (C=O) groups is 4. The Bertz CT molecular complexity index is 994. The molecular weight excluding hydrogens is 514 g/mol. The van der Waals surface area contributed by atoms with E-state index >= 15 is 0 Å². The van der Waals surface area contributed by atoms with Crippen LogP contribution in [0.5, 0.6) is 11.5 Å². The second-order valence-electron chi connectivity index (χ2n) is 10.1. The summed E-state index contributed by atoms with van der Waals surface area (Å²) in [6.07, 6.45) is -5.28. The molecule has 12 heteroatoms. The number of nitrogens with two attached hydrogens (primary N) is 1. The molecule has 4 atom stereocenters. The molecule has 0 saturated heterocycles. The molecule has 0 saturated carbocycles. The normalized spacial score (nSPS) is 14.9. The average Bonchev–Trinajstić information content (AvgIpc) is 2.80. The Kier molecular flexibility index (Phi) is 13.0. The molecule has 0 aliphatic rings. The Morgan fingerprint density at radius 3 is 1.79 bits per heavy atom. The molecule has 1 aromatic rings. The molecule has 0 fully saturated rings. The third kappa shape index (κ3) is 11.4. The van der Waals surface area contributed by atoms with Crippen molar-refractivity contribution in [3.05, 3.63) is 23.8 Å². The zero-order valence-corrected chi connectivity index (χ0v) is 23.8. The SMILES string of the molecule is CCOC(=O)O[C@@H](C)CC(N)(Cc1ccc(OC(=O)OC(C)C(C)C)c(OC(=O)OC(C)C(C)C)c1)C(=O)O. The van der Waals surface area contributed by atoms with Gasteiger partial charge in [-0.15, -0.1) is 0 Å². The van der Waals surface area contributed by atoms with Gasteiger partial charge in [0.2, 0.25) is 0 Å². The van der Waals surface area contributed by atoms with Gasteiger partial charge < -0.3 is 39.3 Å². The third-order valence-electron chi connectivity index (χ3n) is 5.99. The van der Waals surface area contributed by atoms with Crippen molar-refractivity contribution in [1.82, 2.24) is 0 Å². The maximum atomic E-state index is 12.4. The minimum absolute atomic E-state index is 0.0133. The van der Waals surface area contributed by atoms with E-state index in [2.05, 4.69) is 0 Å². The minimum Gasteiger partial charge on any atom is -0.480 e. The molecule has 3 unspecified atom stereocenters. The van der Waals surface area contributed by atoms with Crippen LogP contribution < -0.4 is 15.2 Å². The van der Waals surface area contributed by atoms with E-state index in [9.17, 15) is 24.3 Å². The predicted molar refractivity (Wildman–Crippen MR) is 140 cm³/mol. The van der Waals surface area contributed by atoms with Gasteiger partial charge in [-0.2, -0.15) is 0 Å². The van der Waals surface area contributed by atoms with E-state index in [1.165, 1.54) is 25.1 Å². The van der Waals surface area contributed by atoms with Gasteiger partial charge >= 0.3 is 24.4 Å². The van der Waals surface area contributed by atoms with E-state index in [4.69, 9.17) is 34.2 Å². The molecular formula is C27H41NO11. The molecule has 0 aromatic heterocycles. The summed E-state index contributed by atoms with van der Waals surface area (Å²) >= 11 is 0. The van der Waals surface area contributed by atoms with E-state index < -0.39 is 48.3 Å². The first kappa shape index (κ1) is 33.5. The van der Waals surface area contributed by atoms with Crippen LogP contribution in [0.1, 0.15) is 67.4 Å². The molecule has 0 aliphatic carbocycles. The minimum atomic E-state index is -1.87. The van der Waals surface area contributed by atoms with Crippen LogP contribution in [-0.2, 0) is 30.2 Å². The zero-order valence-electron chi connectivity index (χ0n) is 23.8. The lowest BCUT2D eigenvalue weighted by molar-refractivity contribution is -0.144. The highest BCUT2D eigenvalue weighted by atomic mass is 16.8. The third-order valence-corrected chi connectivity index (χ3v) is 5.99. The summed E-state index contributed by atoms with van der Waals surface area (Å²) in [4.78, 5) is 48.5. The first-order valence-corrected chi connectivity index (χ1v) is 12.8. The summed E-state index contributed by atoms with van der Waals surface area (Å²) in [5.74, 6) is -1.65. The summed E-state index contributed by atoms with van der Waals surface area (Å²) < 4.78 is 30.8. The van der Waals surface area contributed by atoms with Crippen molar-refractivity contribution in [2.45, 2.75) is 92.1 Å². The number of ether oxygens (including phenoxy) is 6. The molecule has 0 bridgehead atoms. The maximum absolute atomic E-state index is 12.4. The van der Waals surface area contributed by atoms with Crippen LogP contribution in [0.3, 0.4) is 0 Å². The lowest BCUT2D eigenvalue weighted by atomic mass is 9.86. The Morgan fingerprint density at radius 1 is 0.821 bits per heavy atom. The second-order valence-corrected chi connectivity index (χ2v) is 10.1. The molecule has 0 spiro atoms. The lowest BCUT2D eigenvalue weighted by Gasteiger charge is -2.28. The van der Waals surface area contributed by atoms with Crippen LogP contribution in [0.4, 0.5) is 14.4 Å². The molecule has 220 valence electrons. The zero-order chi connectivity index (χ0) is 29.9. The first-order valence-electron chi connectivity index (χ1n) is 12.8. The van der Waals surface area contributed by atoms with Gasteiger partial charge in [0.15, 0.2) is 11.5 Å². The Labute approximate surface area is 229 Å². The highest BCUT2D eigenvalue weighted by Crippen LogP contribution is 2.32. The standard InChI is InChI=1S/C27H41NO11/c1-9-34-24(31)35-17(6)13-27(28,23(29)30)14-20-10-11-21(38-25(32)36-18(7)15(2)3)22(12-20)39-26(33)37-19(8)16(4)5/h10-12,15-19H,9,13-14,28H2,1-8H3,(H,29,30)/t17-,18?,19?,27?/m0/s1. The fourth-order valence-corrected chi connectivity index (χ4v) is 3.10. The molecule has 0 aliphatic heterocycles. The Morgan fingerprint density at radius 2 is 1.33 bits per heavy atom. The van der Waals surface area contributed by atoms with Gasteiger partial charge in [0.05, 0.1) is 6.61 Å². The highest BCUT2D eigenvalue weighted by molar-refractivity contribution is 5.79. The van der Waals surface area contributed by atoms with Crippen LogP contribution in [0.2, 0.25) is 0 Å². The van der Waals surface area contributed by atoms with Crippen LogP contribution in [-0.4, -0.2) is 60.0 Å². The molecule has 3 N–H and O–H groups in total. The van der Waals surface area contributed by atoms with Crippen LogP contribution in [0.25, 0.3) is 0 Å². The summed E-state index contributed by atoms with van der Waals surface area (Å²) in [7, 11) is 0. The number of hydrogen-bond donors (Lipinski definition) is 2. The number of benzene rings is 1. The van der Waals surface area contributed by atoms with E-state index in [0.717, 1.165) is 0 Å². The lowest BCUT2D eigenvalue weighted by Crippen LogP contribution is -2.52. The molecule has 39 heavy (non-hydrogen) atoms. The molecule has 1 rings (SSSR count). The highest BCUT2D eigenvalue weighted by Gasteiger charge is 2.37. The van der Waals surface area contributed by atoms with E-state index in [-0.39, 0.29) is 42.8 Å². The smallest absolute Gasteiger partial charge is 0.480 e. The van der Waals surface area contributed by atoms with Gasteiger partial charge in [0.25, 0.3) is 0 Å². The number of carboxylic acid groups (broad SMARTS) is 1. The van der Waals surface area contributed by atoms with Crippen molar-refractivity contribution in [3.63, 3.8) is 0 Å². The van der Waals surface area contributed by atoms with Crippen molar-refractivity contribution >= 4 is 24.4 Å². The summed E-state index contributed by atoms with van der Waals surface area (Å²) in [6, 6.07) is 4.11. The summed E-state index contributed by atoms with van der Waals surface area (Å²) in [5.41, 5.74) is 4.67. The number of rotatable bonds is 13. The van der Waals surface area contributed by atoms with Crippen LogP contribution in [0, 0.1) is 11.8 Å². The largest absolute Gasteiger partial charge is 0.514 e. The monoisotopic (exact) mass is 555 g/mol. The van der Waals surface area contributed by atoms with E-state index in [1.54, 1.807) is 20.8 Å². The van der Waals surface area contributed by atoms with Gasteiger partial charge in [-0.3, -0.25) is 4.79 Å². The van der Waals surface area contributed by atoms with Gasteiger partial charge in [-0.05, 0) is 57.2 Å². The van der Waals surface area contributed by atoms with Gasteiger partial charge in [0.1, 0.15) is 23.9 Å². The van der Waals surface area contributed by atoms with Gasteiger partial charge in [-0.25, -0.2) is 14.4 Å². The van der Waals surface area contributed by atoms with Gasteiger partial charge in [0, 0.05) is 12.8 Å². The topological polar surface area (TPSA) is 170 Å². The molecule has 0 amide bonds. The average molecular weight is 556 g/mol. The molecule has 12 nitrogen and oxygen atoms in total. The van der Waals surface area contributed by atoms with E-state index in [1.807, 2.05) is 27.7 Å². The number of hydrogen-bond acceptors (Lipinski definition) is 11. The fraction of sp³-hybridized carbons (Fsp3) is 0.630. The van der Waals surface area contributed by atoms with Crippen LogP contribution in [0.15, 0.2) is 18.2 Å². The predicted octanol–water partition coefficient (Wildman–Crippen LogP) is 5.08. The number of carboxylic acids is 1. The maximum Gasteiger partial charge on any atom is 0.514 e. The quantitative estimate of drug-likeness (QED) is 0.188. The van der Waals surface area contributed by atoms with Crippen molar-refractivity contribution in [2.75, 3.05) is 6.61 Å². The second kappa shape index (κ2) is 15.2.